The minimum absolute atomic E-state index is 0.295. The quantitative estimate of drug-likeness (QED) is 0.556. The summed E-state index contributed by atoms with van der Waals surface area (Å²) in [6.45, 7) is 20.3. The van der Waals surface area contributed by atoms with E-state index >= 15 is 0 Å². The standard InChI is InChI=1S/C12H15NO.C2H6/c1-6-13-12(14)11(5)10(4)8-7-9(2)3;1-2/h6-8H,1-2,4-5H2,3H3,(H,13,14);1-2H3/b8-7-;. The normalized spacial score (nSPS) is 8.69. The van der Waals surface area contributed by atoms with Crippen molar-refractivity contribution in [3.05, 3.63) is 61.4 Å². The molecule has 0 saturated heterocycles. The highest BCUT2D eigenvalue weighted by Gasteiger charge is 2.05. The number of hydrogen-bond donors (Lipinski definition) is 1. The fourth-order valence-corrected chi connectivity index (χ4v) is 0.669. The molecule has 0 radical (unpaired) electrons. The Balaban J connectivity index is 0. The van der Waals surface area contributed by atoms with E-state index in [0.29, 0.717) is 11.1 Å². The third-order valence-electron chi connectivity index (χ3n) is 1.46. The highest BCUT2D eigenvalue weighted by molar-refractivity contribution is 5.98. The van der Waals surface area contributed by atoms with Crippen molar-refractivity contribution in [3.63, 3.8) is 0 Å². The van der Waals surface area contributed by atoms with Gasteiger partial charge in [-0.2, -0.15) is 0 Å². The van der Waals surface area contributed by atoms with Gasteiger partial charge in [-0.05, 0) is 18.7 Å². The predicted octanol–water partition coefficient (Wildman–Crippen LogP) is 3.52. The van der Waals surface area contributed by atoms with E-state index in [-0.39, 0.29) is 5.91 Å². The molecular formula is C14H21NO. The molecule has 0 fully saturated rings. The molecule has 0 aliphatic carbocycles. The van der Waals surface area contributed by atoms with Crippen molar-refractivity contribution in [2.45, 2.75) is 20.8 Å². The predicted molar refractivity (Wildman–Crippen MR) is 71.9 cm³/mol. The number of nitrogens with one attached hydrogen (secondary N) is 1. The molecule has 0 aromatic heterocycles. The third kappa shape index (κ3) is 7.56. The van der Waals surface area contributed by atoms with Crippen LogP contribution in [0.5, 0.6) is 0 Å². The average molecular weight is 219 g/mol. The Hall–Kier alpha value is -1.83. The number of allylic oxidation sites excluding steroid dienone is 3. The first-order valence-corrected chi connectivity index (χ1v) is 5.12. The molecule has 16 heavy (non-hydrogen) atoms. The van der Waals surface area contributed by atoms with Crippen molar-refractivity contribution in [2.75, 3.05) is 0 Å². The summed E-state index contributed by atoms with van der Waals surface area (Å²) in [5, 5.41) is 2.42. The zero-order chi connectivity index (χ0) is 13.1. The molecule has 0 heterocycles. The van der Waals surface area contributed by atoms with Crippen molar-refractivity contribution >= 4 is 5.91 Å². The Labute approximate surface area is 98.8 Å². The summed E-state index contributed by atoms with van der Waals surface area (Å²) in [6.07, 6.45) is 4.78. The topological polar surface area (TPSA) is 29.1 Å². The molecule has 0 saturated carbocycles. The van der Waals surface area contributed by atoms with Crippen molar-refractivity contribution in [1.82, 2.24) is 5.32 Å². The van der Waals surface area contributed by atoms with Crippen LogP contribution in [0.25, 0.3) is 0 Å². The highest BCUT2D eigenvalue weighted by Crippen LogP contribution is 2.08. The maximum Gasteiger partial charge on any atom is 0.255 e. The number of rotatable bonds is 5. The third-order valence-corrected chi connectivity index (χ3v) is 1.46. The van der Waals surface area contributed by atoms with Crippen LogP contribution in [0, 0.1) is 0 Å². The van der Waals surface area contributed by atoms with Crippen LogP contribution in [-0.4, -0.2) is 5.91 Å². The number of carbonyl (C=O) groups is 1. The van der Waals surface area contributed by atoms with Crippen LogP contribution in [0.4, 0.5) is 0 Å². The van der Waals surface area contributed by atoms with Gasteiger partial charge in [0, 0.05) is 5.57 Å². The van der Waals surface area contributed by atoms with Crippen molar-refractivity contribution in [1.29, 1.82) is 0 Å². The minimum atomic E-state index is -0.295. The molecule has 1 amide bonds. The van der Waals surface area contributed by atoms with E-state index in [0.717, 1.165) is 5.57 Å². The van der Waals surface area contributed by atoms with E-state index in [1.807, 2.05) is 20.8 Å². The highest BCUT2D eigenvalue weighted by atomic mass is 16.1. The van der Waals surface area contributed by atoms with E-state index in [1.54, 1.807) is 12.2 Å². The second kappa shape index (κ2) is 9.71. The van der Waals surface area contributed by atoms with Crippen LogP contribution in [0.3, 0.4) is 0 Å². The molecule has 1 N–H and O–H groups in total. The minimum Gasteiger partial charge on any atom is -0.329 e. The van der Waals surface area contributed by atoms with Crippen molar-refractivity contribution in [2.24, 2.45) is 0 Å². The van der Waals surface area contributed by atoms with Gasteiger partial charge in [0.15, 0.2) is 0 Å². The van der Waals surface area contributed by atoms with Gasteiger partial charge in [-0.3, -0.25) is 4.79 Å². The van der Waals surface area contributed by atoms with E-state index in [1.165, 1.54) is 6.20 Å². The van der Waals surface area contributed by atoms with Gasteiger partial charge in [0.2, 0.25) is 0 Å². The van der Waals surface area contributed by atoms with Gasteiger partial charge in [0.05, 0.1) is 0 Å². The second-order valence-electron chi connectivity index (χ2n) is 2.86. The van der Waals surface area contributed by atoms with Crippen molar-refractivity contribution in [3.8, 4) is 0 Å². The first-order chi connectivity index (χ1) is 7.49. The Morgan fingerprint density at radius 1 is 1.12 bits per heavy atom. The largest absolute Gasteiger partial charge is 0.329 e. The Bertz CT molecular complexity index is 322. The van der Waals surface area contributed by atoms with E-state index < -0.39 is 0 Å². The smallest absolute Gasteiger partial charge is 0.255 e. The molecule has 0 spiro atoms. The zero-order valence-corrected chi connectivity index (χ0v) is 10.5. The lowest BCUT2D eigenvalue weighted by Gasteiger charge is -2.03. The first kappa shape index (κ1) is 16.6. The Kier molecular flexibility index (Phi) is 10.1. The van der Waals surface area contributed by atoms with Gasteiger partial charge in [-0.25, -0.2) is 0 Å². The fraction of sp³-hybridized carbons (Fsp3) is 0.214. The fourth-order valence-electron chi connectivity index (χ4n) is 0.669. The van der Waals surface area contributed by atoms with E-state index in [9.17, 15) is 4.79 Å². The van der Waals surface area contributed by atoms with E-state index in [4.69, 9.17) is 0 Å². The number of amides is 1. The van der Waals surface area contributed by atoms with Gasteiger partial charge < -0.3 is 5.32 Å². The average Bonchev–Trinajstić information content (AvgIpc) is 2.27. The number of carbonyl (C=O) groups excluding carboxylic acids is 1. The van der Waals surface area contributed by atoms with Gasteiger partial charge >= 0.3 is 0 Å². The maximum atomic E-state index is 11.2. The van der Waals surface area contributed by atoms with Crippen LogP contribution in [0.15, 0.2) is 61.4 Å². The van der Waals surface area contributed by atoms with Gasteiger partial charge in [0.1, 0.15) is 0 Å². The lowest BCUT2D eigenvalue weighted by molar-refractivity contribution is -0.116. The van der Waals surface area contributed by atoms with E-state index in [2.05, 4.69) is 31.6 Å². The molecule has 0 rings (SSSR count). The molecule has 0 atom stereocenters. The summed E-state index contributed by atoms with van der Waals surface area (Å²) in [6, 6.07) is 0. The van der Waals surface area contributed by atoms with Crippen LogP contribution in [-0.2, 0) is 4.79 Å². The summed E-state index contributed by atoms with van der Waals surface area (Å²) in [4.78, 5) is 11.2. The Morgan fingerprint density at radius 3 is 2.00 bits per heavy atom. The molecule has 0 aromatic carbocycles. The van der Waals surface area contributed by atoms with Gasteiger partial charge in [-0.15, -0.1) is 0 Å². The second-order valence-corrected chi connectivity index (χ2v) is 2.86. The molecule has 0 unspecified atom stereocenters. The van der Waals surface area contributed by atoms with Crippen LogP contribution < -0.4 is 5.32 Å². The van der Waals surface area contributed by atoms with Crippen molar-refractivity contribution < 1.29 is 4.79 Å². The molecular weight excluding hydrogens is 198 g/mol. The maximum absolute atomic E-state index is 11.2. The molecule has 88 valence electrons. The summed E-state index contributed by atoms with van der Waals surface area (Å²) >= 11 is 0. The summed E-state index contributed by atoms with van der Waals surface area (Å²) in [5.41, 5.74) is 1.78. The first-order valence-electron chi connectivity index (χ1n) is 5.12. The Morgan fingerprint density at radius 2 is 1.62 bits per heavy atom. The molecule has 0 bridgehead atoms. The molecule has 2 heteroatoms. The van der Waals surface area contributed by atoms with Crippen LogP contribution in [0.2, 0.25) is 0 Å². The molecule has 0 aromatic rings. The van der Waals surface area contributed by atoms with Gasteiger partial charge in [-0.1, -0.05) is 57.9 Å². The van der Waals surface area contributed by atoms with Crippen LogP contribution >= 0.6 is 0 Å². The monoisotopic (exact) mass is 219 g/mol. The molecule has 0 aliphatic rings. The van der Waals surface area contributed by atoms with Gasteiger partial charge in [0.25, 0.3) is 5.91 Å². The lowest BCUT2D eigenvalue weighted by Crippen LogP contribution is -2.18. The number of hydrogen-bond acceptors (Lipinski definition) is 1. The molecule has 0 aliphatic heterocycles. The SMILES string of the molecule is C=CNC(=O)C(=C)C(=C)/C=C\C(=C)C.CC. The van der Waals surface area contributed by atoms with Crippen LogP contribution in [0.1, 0.15) is 20.8 Å². The summed E-state index contributed by atoms with van der Waals surface area (Å²) in [5.74, 6) is -0.295. The molecule has 2 nitrogen and oxygen atoms in total. The zero-order valence-electron chi connectivity index (χ0n) is 10.5. The lowest BCUT2D eigenvalue weighted by atomic mass is 10.1. The summed E-state index contributed by atoms with van der Waals surface area (Å²) < 4.78 is 0. The summed E-state index contributed by atoms with van der Waals surface area (Å²) in [7, 11) is 0.